The van der Waals surface area contributed by atoms with E-state index >= 15 is 0 Å². The number of halogens is 5. The fourth-order valence-corrected chi connectivity index (χ4v) is 2.74. The van der Waals surface area contributed by atoms with Gasteiger partial charge in [0.1, 0.15) is 5.82 Å². The number of nitrogens with one attached hydrogen (secondary N) is 1. The molecule has 0 aliphatic carbocycles. The third-order valence-corrected chi connectivity index (χ3v) is 3.99. The van der Waals surface area contributed by atoms with Crippen molar-refractivity contribution in [1.29, 1.82) is 0 Å². The minimum absolute atomic E-state index is 0.0266. The zero-order chi connectivity index (χ0) is 15.6. The molecule has 0 aliphatic heterocycles. The molecule has 0 bridgehead atoms. The molecule has 0 radical (unpaired) electrons. The molecule has 112 valence electrons. The highest BCUT2D eigenvalue weighted by Gasteiger charge is 2.22. The van der Waals surface area contributed by atoms with Crippen LogP contribution in [0.2, 0.25) is 5.02 Å². The Kier molecular flexibility index (Phi) is 5.30. The summed E-state index contributed by atoms with van der Waals surface area (Å²) in [6.07, 6.45) is 0. The molecule has 1 unspecified atom stereocenters. The van der Waals surface area contributed by atoms with E-state index < -0.39 is 23.5 Å². The molecule has 0 heterocycles. The SMILES string of the molecule is CCNC(c1cc(F)c(F)cc1F)c1cc(Cl)ccc1Br. The fraction of sp³-hybridized carbons (Fsp3) is 0.200. The summed E-state index contributed by atoms with van der Waals surface area (Å²) in [6, 6.07) is 5.83. The molecule has 21 heavy (non-hydrogen) atoms. The lowest BCUT2D eigenvalue weighted by Crippen LogP contribution is -2.23. The van der Waals surface area contributed by atoms with Gasteiger partial charge in [-0.3, -0.25) is 0 Å². The second-order valence-electron chi connectivity index (χ2n) is 4.44. The Hall–Kier alpha value is -1.04. The van der Waals surface area contributed by atoms with Gasteiger partial charge in [-0.15, -0.1) is 0 Å². The number of hydrogen-bond acceptors (Lipinski definition) is 1. The average Bonchev–Trinajstić information content (AvgIpc) is 2.43. The first-order valence-corrected chi connectivity index (χ1v) is 7.44. The van der Waals surface area contributed by atoms with E-state index in [0.717, 1.165) is 6.07 Å². The predicted octanol–water partition coefficient (Wildman–Crippen LogP) is 5.22. The normalized spacial score (nSPS) is 12.5. The van der Waals surface area contributed by atoms with Gasteiger partial charge in [0, 0.05) is 21.1 Å². The van der Waals surface area contributed by atoms with Crippen LogP contribution in [0.25, 0.3) is 0 Å². The van der Waals surface area contributed by atoms with E-state index in [-0.39, 0.29) is 5.56 Å². The van der Waals surface area contributed by atoms with Gasteiger partial charge in [0.15, 0.2) is 11.6 Å². The summed E-state index contributed by atoms with van der Waals surface area (Å²) >= 11 is 9.34. The molecular formula is C15H12BrClF3N. The zero-order valence-corrected chi connectivity index (χ0v) is 13.4. The van der Waals surface area contributed by atoms with Crippen LogP contribution in [-0.2, 0) is 0 Å². The lowest BCUT2D eigenvalue weighted by Gasteiger charge is -2.21. The first-order valence-electron chi connectivity index (χ1n) is 6.26. The Bertz CT molecular complexity index is 664. The second-order valence-corrected chi connectivity index (χ2v) is 5.74. The first kappa shape index (κ1) is 16.3. The third-order valence-electron chi connectivity index (χ3n) is 3.03. The molecule has 0 spiro atoms. The van der Waals surface area contributed by atoms with Crippen LogP contribution in [0.1, 0.15) is 24.1 Å². The van der Waals surface area contributed by atoms with Crippen molar-refractivity contribution in [2.45, 2.75) is 13.0 Å². The fourth-order valence-electron chi connectivity index (χ4n) is 2.09. The molecule has 0 fully saturated rings. The molecule has 2 aromatic rings. The molecule has 2 aromatic carbocycles. The Morgan fingerprint density at radius 3 is 2.38 bits per heavy atom. The summed E-state index contributed by atoms with van der Waals surface area (Å²) in [4.78, 5) is 0. The van der Waals surface area contributed by atoms with Gasteiger partial charge in [-0.05, 0) is 36.4 Å². The van der Waals surface area contributed by atoms with Crippen molar-refractivity contribution < 1.29 is 13.2 Å². The largest absolute Gasteiger partial charge is 0.306 e. The monoisotopic (exact) mass is 377 g/mol. The van der Waals surface area contributed by atoms with Crippen molar-refractivity contribution in [3.05, 3.63) is 68.4 Å². The summed E-state index contributed by atoms with van der Waals surface area (Å²) in [7, 11) is 0. The maximum atomic E-state index is 14.0. The number of benzene rings is 2. The highest BCUT2D eigenvalue weighted by molar-refractivity contribution is 9.10. The van der Waals surface area contributed by atoms with Gasteiger partial charge in [-0.1, -0.05) is 34.5 Å². The first-order chi connectivity index (χ1) is 9.93. The molecule has 1 N–H and O–H groups in total. The lowest BCUT2D eigenvalue weighted by molar-refractivity contribution is 0.481. The molecule has 0 amide bonds. The van der Waals surface area contributed by atoms with E-state index in [9.17, 15) is 13.2 Å². The summed E-state index contributed by atoms with van der Waals surface area (Å²) in [5.41, 5.74) is 0.674. The molecular weight excluding hydrogens is 367 g/mol. The molecule has 1 nitrogen and oxygen atoms in total. The smallest absolute Gasteiger partial charge is 0.161 e. The van der Waals surface area contributed by atoms with E-state index in [1.807, 2.05) is 6.92 Å². The van der Waals surface area contributed by atoms with Gasteiger partial charge in [-0.2, -0.15) is 0 Å². The Balaban J connectivity index is 2.58. The lowest BCUT2D eigenvalue weighted by atomic mass is 9.98. The number of hydrogen-bond donors (Lipinski definition) is 1. The van der Waals surface area contributed by atoms with Crippen molar-refractivity contribution in [2.24, 2.45) is 0 Å². The summed E-state index contributed by atoms with van der Waals surface area (Å²) < 4.78 is 41.3. The van der Waals surface area contributed by atoms with Crippen LogP contribution >= 0.6 is 27.5 Å². The average molecular weight is 379 g/mol. The third kappa shape index (κ3) is 3.59. The van der Waals surface area contributed by atoms with Crippen LogP contribution < -0.4 is 5.32 Å². The van der Waals surface area contributed by atoms with E-state index in [0.29, 0.717) is 27.7 Å². The molecule has 1 atom stereocenters. The minimum Gasteiger partial charge on any atom is -0.306 e. The van der Waals surface area contributed by atoms with Crippen molar-refractivity contribution >= 4 is 27.5 Å². The van der Waals surface area contributed by atoms with Crippen LogP contribution in [-0.4, -0.2) is 6.54 Å². The molecule has 0 aliphatic rings. The van der Waals surface area contributed by atoms with Gasteiger partial charge >= 0.3 is 0 Å². The van der Waals surface area contributed by atoms with Crippen LogP contribution in [0.5, 0.6) is 0 Å². The minimum atomic E-state index is -1.21. The summed E-state index contributed by atoms with van der Waals surface area (Å²) in [5, 5.41) is 3.52. The summed E-state index contributed by atoms with van der Waals surface area (Å²) in [6.45, 7) is 2.35. The highest BCUT2D eigenvalue weighted by atomic mass is 79.9. The second kappa shape index (κ2) is 6.81. The summed E-state index contributed by atoms with van der Waals surface area (Å²) in [5.74, 6) is -3.11. The maximum Gasteiger partial charge on any atom is 0.161 e. The molecule has 0 saturated carbocycles. The van der Waals surface area contributed by atoms with E-state index in [1.54, 1.807) is 18.2 Å². The molecule has 2 rings (SSSR count). The van der Waals surface area contributed by atoms with Crippen molar-refractivity contribution in [3.63, 3.8) is 0 Å². The van der Waals surface area contributed by atoms with Crippen molar-refractivity contribution in [2.75, 3.05) is 6.54 Å². The Labute approximate surface area is 134 Å². The van der Waals surface area contributed by atoms with Crippen LogP contribution in [0, 0.1) is 17.5 Å². The highest BCUT2D eigenvalue weighted by Crippen LogP contribution is 2.32. The van der Waals surface area contributed by atoms with E-state index in [1.165, 1.54) is 0 Å². The van der Waals surface area contributed by atoms with Crippen molar-refractivity contribution in [3.8, 4) is 0 Å². The Morgan fingerprint density at radius 2 is 1.71 bits per heavy atom. The van der Waals surface area contributed by atoms with Crippen LogP contribution in [0.3, 0.4) is 0 Å². The van der Waals surface area contributed by atoms with Gasteiger partial charge in [-0.25, -0.2) is 13.2 Å². The van der Waals surface area contributed by atoms with Gasteiger partial charge in [0.25, 0.3) is 0 Å². The standard InChI is InChI=1S/C15H12BrClF3N/c1-2-21-15(9-5-8(17)3-4-11(9)16)10-6-13(19)14(20)7-12(10)18/h3-7,15,21H,2H2,1H3. The van der Waals surface area contributed by atoms with Gasteiger partial charge in [0.05, 0.1) is 6.04 Å². The molecule has 0 saturated heterocycles. The quantitative estimate of drug-likeness (QED) is 0.719. The molecule has 6 heteroatoms. The van der Waals surface area contributed by atoms with Gasteiger partial charge in [0.2, 0.25) is 0 Å². The molecule has 0 aromatic heterocycles. The zero-order valence-electron chi connectivity index (χ0n) is 11.1. The van der Waals surface area contributed by atoms with Crippen LogP contribution in [0.15, 0.2) is 34.8 Å². The van der Waals surface area contributed by atoms with Crippen LogP contribution in [0.4, 0.5) is 13.2 Å². The predicted molar refractivity (Wildman–Crippen MR) is 81.0 cm³/mol. The topological polar surface area (TPSA) is 12.0 Å². The van der Waals surface area contributed by atoms with Gasteiger partial charge < -0.3 is 5.32 Å². The maximum absolute atomic E-state index is 14.0. The van der Waals surface area contributed by atoms with Crippen molar-refractivity contribution in [1.82, 2.24) is 5.32 Å². The van der Waals surface area contributed by atoms with E-state index in [4.69, 9.17) is 11.6 Å². The number of rotatable bonds is 4. The Morgan fingerprint density at radius 1 is 1.05 bits per heavy atom. The van der Waals surface area contributed by atoms with E-state index in [2.05, 4.69) is 21.2 Å².